The lowest BCUT2D eigenvalue weighted by atomic mass is 10.3. The van der Waals surface area contributed by atoms with Gasteiger partial charge in [-0.1, -0.05) is 6.07 Å². The quantitative estimate of drug-likeness (QED) is 0.495. The fraction of sp³-hybridized carbons (Fsp3) is 0.100. The summed E-state index contributed by atoms with van der Waals surface area (Å²) in [5, 5.41) is 12.4. The third-order valence-electron chi connectivity index (χ3n) is 4.06. The van der Waals surface area contributed by atoms with Gasteiger partial charge in [-0.3, -0.25) is 9.59 Å². The molecule has 0 spiro atoms. The maximum Gasteiger partial charge on any atom is 0.263 e. The molecule has 2 N–H and O–H groups in total. The van der Waals surface area contributed by atoms with Gasteiger partial charge in [0.2, 0.25) is 5.91 Å². The summed E-state index contributed by atoms with van der Waals surface area (Å²) in [6, 6.07) is 13.0. The number of thiophene rings is 1. The van der Waals surface area contributed by atoms with Crippen LogP contribution < -0.4 is 10.6 Å². The molecule has 0 aliphatic carbocycles. The molecule has 0 saturated carbocycles. The molecule has 29 heavy (non-hydrogen) atoms. The molecule has 4 rings (SSSR count). The van der Waals surface area contributed by atoms with Crippen LogP contribution in [0.3, 0.4) is 0 Å². The largest absolute Gasteiger partial charge is 0.342 e. The van der Waals surface area contributed by atoms with Gasteiger partial charge in [-0.2, -0.15) is 5.10 Å². The van der Waals surface area contributed by atoms with Gasteiger partial charge in [-0.25, -0.2) is 9.67 Å². The van der Waals surface area contributed by atoms with Gasteiger partial charge < -0.3 is 10.6 Å². The van der Waals surface area contributed by atoms with Crippen LogP contribution >= 0.6 is 22.7 Å². The summed E-state index contributed by atoms with van der Waals surface area (Å²) in [5.41, 5.74) is 2.20. The molecule has 0 bridgehead atoms. The van der Waals surface area contributed by atoms with Gasteiger partial charge in [-0.05, 0) is 48.7 Å². The van der Waals surface area contributed by atoms with E-state index in [0.29, 0.717) is 16.3 Å². The number of rotatable bonds is 6. The van der Waals surface area contributed by atoms with Gasteiger partial charge >= 0.3 is 0 Å². The number of carbonyl (C=O) groups is 2. The Bertz CT molecular complexity index is 1120. The average molecular weight is 424 g/mol. The highest BCUT2D eigenvalue weighted by atomic mass is 32.1. The number of thiazole rings is 1. The Kier molecular flexibility index (Phi) is 5.50. The molecule has 0 fully saturated rings. The van der Waals surface area contributed by atoms with Crippen LogP contribution in [0.1, 0.15) is 15.4 Å². The van der Waals surface area contributed by atoms with Crippen LogP contribution in [0.25, 0.3) is 15.6 Å². The molecule has 7 nitrogen and oxygen atoms in total. The molecule has 0 radical (unpaired) electrons. The van der Waals surface area contributed by atoms with E-state index in [1.807, 2.05) is 41.9 Å². The summed E-state index contributed by atoms with van der Waals surface area (Å²) < 4.78 is 1.73. The number of hydrogen-bond donors (Lipinski definition) is 2. The highest BCUT2D eigenvalue weighted by Gasteiger charge is 2.17. The first kappa shape index (κ1) is 19.0. The molecule has 0 aliphatic rings. The minimum atomic E-state index is -0.300. The lowest BCUT2D eigenvalue weighted by Gasteiger charge is -2.08. The Morgan fingerprint density at radius 2 is 1.97 bits per heavy atom. The number of aromatic nitrogens is 3. The summed E-state index contributed by atoms with van der Waals surface area (Å²) >= 11 is 2.90. The Morgan fingerprint density at radius 1 is 1.14 bits per heavy atom. The highest BCUT2D eigenvalue weighted by Crippen LogP contribution is 2.30. The molecule has 0 aliphatic heterocycles. The Hall–Kier alpha value is -3.30. The normalized spacial score (nSPS) is 10.7. The molecule has 146 valence electrons. The first-order valence-electron chi connectivity index (χ1n) is 8.79. The average Bonchev–Trinajstić information content (AvgIpc) is 3.48. The van der Waals surface area contributed by atoms with Crippen LogP contribution in [0.5, 0.6) is 0 Å². The minimum Gasteiger partial charge on any atom is -0.342 e. The molecule has 0 saturated heterocycles. The van der Waals surface area contributed by atoms with Crippen molar-refractivity contribution < 1.29 is 9.59 Å². The molecule has 3 heterocycles. The molecule has 4 aromatic rings. The van der Waals surface area contributed by atoms with Gasteiger partial charge in [0.1, 0.15) is 9.88 Å². The highest BCUT2D eigenvalue weighted by molar-refractivity contribution is 7.22. The van der Waals surface area contributed by atoms with E-state index >= 15 is 0 Å². The minimum absolute atomic E-state index is 0.120. The number of hydrogen-bond acceptors (Lipinski definition) is 6. The van der Waals surface area contributed by atoms with E-state index < -0.39 is 0 Å². The number of amides is 2. The zero-order chi connectivity index (χ0) is 20.2. The first-order chi connectivity index (χ1) is 14.1. The van der Waals surface area contributed by atoms with E-state index in [1.165, 1.54) is 11.3 Å². The van der Waals surface area contributed by atoms with Crippen LogP contribution in [0.4, 0.5) is 5.69 Å². The van der Waals surface area contributed by atoms with Crippen LogP contribution in [-0.2, 0) is 4.79 Å². The van der Waals surface area contributed by atoms with E-state index in [9.17, 15) is 9.59 Å². The second-order valence-corrected chi connectivity index (χ2v) is 8.09. The lowest BCUT2D eigenvalue weighted by molar-refractivity contribution is -0.115. The van der Waals surface area contributed by atoms with Gasteiger partial charge in [0.25, 0.3) is 5.91 Å². The number of carbonyl (C=O) groups excluding carboxylic acids is 2. The predicted molar refractivity (Wildman–Crippen MR) is 115 cm³/mol. The monoisotopic (exact) mass is 423 g/mol. The van der Waals surface area contributed by atoms with E-state index in [-0.39, 0.29) is 18.4 Å². The van der Waals surface area contributed by atoms with Crippen molar-refractivity contribution in [2.24, 2.45) is 0 Å². The van der Waals surface area contributed by atoms with Crippen molar-refractivity contribution in [2.75, 3.05) is 11.9 Å². The van der Waals surface area contributed by atoms with Crippen molar-refractivity contribution in [1.29, 1.82) is 0 Å². The SMILES string of the molecule is Cc1nc(-c2cccs2)sc1C(=O)NCC(=O)Nc1ccc(-n2cccn2)cc1. The second kappa shape index (κ2) is 8.38. The number of nitrogens with one attached hydrogen (secondary N) is 2. The summed E-state index contributed by atoms with van der Waals surface area (Å²) in [5.74, 6) is -0.599. The Balaban J connectivity index is 1.33. The molecule has 1 aromatic carbocycles. The molecule has 0 unspecified atom stereocenters. The standard InChI is InChI=1S/C20H17N5O2S2/c1-13-18(29-20(23-13)16-4-2-11-28-16)19(27)21-12-17(26)24-14-5-7-15(8-6-14)25-10-3-9-22-25/h2-11H,12H2,1H3,(H,21,27)(H,24,26). The summed E-state index contributed by atoms with van der Waals surface area (Å²) in [6.45, 7) is 1.68. The smallest absolute Gasteiger partial charge is 0.263 e. The molecular formula is C20H17N5O2S2. The van der Waals surface area contributed by atoms with E-state index in [0.717, 1.165) is 15.6 Å². The van der Waals surface area contributed by atoms with Gasteiger partial charge in [-0.15, -0.1) is 22.7 Å². The Morgan fingerprint density at radius 3 is 2.66 bits per heavy atom. The third-order valence-corrected chi connectivity index (χ3v) is 6.26. The molecule has 2 amide bonds. The number of nitrogens with zero attached hydrogens (tertiary/aromatic N) is 3. The molecule has 3 aromatic heterocycles. The lowest BCUT2D eigenvalue weighted by Crippen LogP contribution is -2.32. The second-order valence-electron chi connectivity index (χ2n) is 6.14. The van der Waals surface area contributed by atoms with Gasteiger partial charge in [0.15, 0.2) is 0 Å². The number of benzene rings is 1. The van der Waals surface area contributed by atoms with Crippen molar-refractivity contribution in [2.45, 2.75) is 6.92 Å². The van der Waals surface area contributed by atoms with E-state index in [1.54, 1.807) is 41.3 Å². The van der Waals surface area contributed by atoms with Crippen LogP contribution in [0, 0.1) is 6.92 Å². The van der Waals surface area contributed by atoms with Crippen molar-refractivity contribution in [1.82, 2.24) is 20.1 Å². The number of anilines is 1. The first-order valence-corrected chi connectivity index (χ1v) is 10.5. The topological polar surface area (TPSA) is 88.9 Å². The van der Waals surface area contributed by atoms with Crippen molar-refractivity contribution in [3.63, 3.8) is 0 Å². The van der Waals surface area contributed by atoms with E-state index in [4.69, 9.17) is 0 Å². The zero-order valence-electron chi connectivity index (χ0n) is 15.5. The summed E-state index contributed by atoms with van der Waals surface area (Å²) in [7, 11) is 0. The third kappa shape index (κ3) is 4.41. The van der Waals surface area contributed by atoms with Crippen molar-refractivity contribution >= 4 is 40.2 Å². The summed E-state index contributed by atoms with van der Waals surface area (Å²) in [4.78, 5) is 30.6. The van der Waals surface area contributed by atoms with Crippen LogP contribution in [-0.4, -0.2) is 33.1 Å². The summed E-state index contributed by atoms with van der Waals surface area (Å²) in [6.07, 6.45) is 3.54. The Labute approximate surface area is 175 Å². The van der Waals surface area contributed by atoms with E-state index in [2.05, 4.69) is 20.7 Å². The van der Waals surface area contributed by atoms with Gasteiger partial charge in [0, 0.05) is 18.1 Å². The fourth-order valence-corrected chi connectivity index (χ4v) is 4.46. The zero-order valence-corrected chi connectivity index (χ0v) is 17.1. The number of aryl methyl sites for hydroxylation is 1. The van der Waals surface area contributed by atoms with Crippen LogP contribution in [0.15, 0.2) is 60.2 Å². The van der Waals surface area contributed by atoms with Gasteiger partial charge in [0.05, 0.1) is 22.8 Å². The van der Waals surface area contributed by atoms with Crippen molar-refractivity contribution in [3.8, 4) is 15.6 Å². The molecule has 9 heteroatoms. The van der Waals surface area contributed by atoms with Crippen molar-refractivity contribution in [3.05, 3.63) is 70.8 Å². The maximum absolute atomic E-state index is 12.5. The molecule has 0 atom stereocenters. The fourth-order valence-electron chi connectivity index (χ4n) is 2.68. The molecular weight excluding hydrogens is 406 g/mol. The van der Waals surface area contributed by atoms with Crippen LogP contribution in [0.2, 0.25) is 0 Å². The predicted octanol–water partition coefficient (Wildman–Crippen LogP) is 3.73. The maximum atomic E-state index is 12.5.